The average molecular weight is 347 g/mol. The van der Waals surface area contributed by atoms with E-state index in [1.807, 2.05) is 0 Å². The van der Waals surface area contributed by atoms with Gasteiger partial charge in [0.1, 0.15) is 0 Å². The zero-order valence-corrected chi connectivity index (χ0v) is 14.5. The van der Waals surface area contributed by atoms with Gasteiger partial charge in [-0.2, -0.15) is 0 Å². The van der Waals surface area contributed by atoms with Gasteiger partial charge in [-0.15, -0.1) is 0 Å². The molecule has 1 aliphatic rings. The topological polar surface area (TPSA) is 96.0 Å². The number of carbonyl (C=O) groups excluding carboxylic acids is 4. The van der Waals surface area contributed by atoms with E-state index in [9.17, 15) is 19.2 Å². The lowest BCUT2D eigenvalue weighted by molar-refractivity contribution is -0.127. The van der Waals surface area contributed by atoms with Crippen molar-refractivity contribution in [3.63, 3.8) is 0 Å². The van der Waals surface area contributed by atoms with E-state index in [0.717, 1.165) is 4.90 Å². The lowest BCUT2D eigenvalue weighted by Crippen LogP contribution is -2.36. The van der Waals surface area contributed by atoms with Gasteiger partial charge in [0.2, 0.25) is 5.91 Å². The first kappa shape index (κ1) is 18.6. The molecule has 1 aromatic carbocycles. The number of hydrogen-bond acceptors (Lipinski definition) is 5. The smallest absolute Gasteiger partial charge is 0.261 e. The van der Waals surface area contributed by atoms with Crippen molar-refractivity contribution in [1.29, 1.82) is 0 Å². The van der Waals surface area contributed by atoms with Gasteiger partial charge in [0.05, 0.1) is 17.7 Å². The highest BCUT2D eigenvalue weighted by Crippen LogP contribution is 2.24. The molecule has 0 aliphatic carbocycles. The molecule has 25 heavy (non-hydrogen) atoms. The van der Waals surface area contributed by atoms with E-state index in [1.54, 1.807) is 21.2 Å². The summed E-state index contributed by atoms with van der Waals surface area (Å²) in [6, 6.07) is 4.33. The lowest BCUT2D eigenvalue weighted by Gasteiger charge is -2.12. The maximum atomic E-state index is 12.4. The van der Waals surface area contributed by atoms with Crippen molar-refractivity contribution < 1.29 is 23.9 Å². The number of nitrogens with one attached hydrogen (secondary N) is 1. The summed E-state index contributed by atoms with van der Waals surface area (Å²) in [5, 5.41) is 2.49. The Labute approximate surface area is 145 Å². The molecule has 0 fully saturated rings. The van der Waals surface area contributed by atoms with E-state index >= 15 is 0 Å². The minimum atomic E-state index is -0.476. The standard InChI is InChI=1S/C17H21N3O5/c1-19(2)14(21)10-18-15(22)11-5-6-12-13(9-11)17(24)20(16(12)23)7-4-8-25-3/h5-6,9H,4,7-8,10H2,1-3H3,(H,18,22). The molecule has 134 valence electrons. The van der Waals surface area contributed by atoms with Crippen LogP contribution >= 0.6 is 0 Å². The lowest BCUT2D eigenvalue weighted by atomic mass is 10.1. The Kier molecular flexibility index (Phi) is 5.87. The van der Waals surface area contributed by atoms with Gasteiger partial charge in [-0.25, -0.2) is 0 Å². The SMILES string of the molecule is COCCCN1C(=O)c2ccc(C(=O)NCC(=O)N(C)C)cc2C1=O. The zero-order chi connectivity index (χ0) is 18.6. The second-order valence-electron chi connectivity index (χ2n) is 5.84. The Morgan fingerprint density at radius 2 is 1.84 bits per heavy atom. The first-order valence-corrected chi connectivity index (χ1v) is 7.84. The summed E-state index contributed by atoms with van der Waals surface area (Å²) < 4.78 is 4.93. The van der Waals surface area contributed by atoms with Gasteiger partial charge < -0.3 is 15.0 Å². The van der Waals surface area contributed by atoms with Gasteiger partial charge in [-0.1, -0.05) is 0 Å². The van der Waals surface area contributed by atoms with Gasteiger partial charge in [0.15, 0.2) is 0 Å². The zero-order valence-electron chi connectivity index (χ0n) is 14.5. The molecule has 8 heteroatoms. The first-order valence-electron chi connectivity index (χ1n) is 7.84. The Balaban J connectivity index is 2.10. The minimum Gasteiger partial charge on any atom is -0.385 e. The number of amides is 4. The molecule has 1 aliphatic heterocycles. The Morgan fingerprint density at radius 1 is 1.16 bits per heavy atom. The molecule has 2 rings (SSSR count). The van der Waals surface area contributed by atoms with Crippen LogP contribution in [-0.4, -0.2) is 74.3 Å². The van der Waals surface area contributed by atoms with Gasteiger partial charge in [0, 0.05) is 39.9 Å². The second kappa shape index (κ2) is 7.89. The fraction of sp³-hybridized carbons (Fsp3) is 0.412. The molecule has 1 aromatic rings. The molecule has 0 saturated heterocycles. The van der Waals surface area contributed by atoms with Gasteiger partial charge in [-0.3, -0.25) is 24.1 Å². The van der Waals surface area contributed by atoms with E-state index in [0.29, 0.717) is 13.0 Å². The van der Waals surface area contributed by atoms with Gasteiger partial charge >= 0.3 is 0 Å². The van der Waals surface area contributed by atoms with Gasteiger partial charge in [0.25, 0.3) is 17.7 Å². The molecule has 8 nitrogen and oxygen atoms in total. The third-order valence-corrected chi connectivity index (χ3v) is 3.86. The van der Waals surface area contributed by atoms with Crippen LogP contribution in [0.1, 0.15) is 37.5 Å². The third kappa shape index (κ3) is 4.03. The highest BCUT2D eigenvalue weighted by Gasteiger charge is 2.35. The van der Waals surface area contributed by atoms with Crippen LogP contribution in [0.4, 0.5) is 0 Å². The summed E-state index contributed by atoms with van der Waals surface area (Å²) in [7, 11) is 4.73. The van der Waals surface area contributed by atoms with Crippen molar-refractivity contribution in [2.45, 2.75) is 6.42 Å². The largest absolute Gasteiger partial charge is 0.385 e. The number of carbonyl (C=O) groups is 4. The van der Waals surface area contributed by atoms with Crippen LogP contribution in [-0.2, 0) is 9.53 Å². The third-order valence-electron chi connectivity index (χ3n) is 3.86. The van der Waals surface area contributed by atoms with Crippen LogP contribution in [0.3, 0.4) is 0 Å². The molecule has 1 heterocycles. The van der Waals surface area contributed by atoms with Crippen molar-refractivity contribution in [3.8, 4) is 0 Å². The summed E-state index contributed by atoms with van der Waals surface area (Å²) in [5.41, 5.74) is 0.711. The minimum absolute atomic E-state index is 0.140. The summed E-state index contributed by atoms with van der Waals surface area (Å²) >= 11 is 0. The molecule has 1 N–H and O–H groups in total. The number of imide groups is 1. The fourth-order valence-electron chi connectivity index (χ4n) is 2.42. The normalized spacial score (nSPS) is 13.0. The van der Waals surface area contributed by atoms with Crippen molar-refractivity contribution in [3.05, 3.63) is 34.9 Å². The number of benzene rings is 1. The van der Waals surface area contributed by atoms with Gasteiger partial charge in [-0.05, 0) is 24.6 Å². The van der Waals surface area contributed by atoms with E-state index < -0.39 is 11.8 Å². The second-order valence-corrected chi connectivity index (χ2v) is 5.84. The van der Waals surface area contributed by atoms with Crippen LogP contribution in [0.25, 0.3) is 0 Å². The quantitative estimate of drug-likeness (QED) is 0.559. The van der Waals surface area contributed by atoms with E-state index in [1.165, 1.54) is 23.1 Å². The summed E-state index contributed by atoms with van der Waals surface area (Å²) in [5.74, 6) is -1.51. The molecule has 4 amide bonds. The van der Waals surface area contributed by atoms with Crippen molar-refractivity contribution >= 4 is 23.6 Å². The highest BCUT2D eigenvalue weighted by atomic mass is 16.5. The van der Waals surface area contributed by atoms with Crippen LogP contribution in [0.2, 0.25) is 0 Å². The first-order chi connectivity index (χ1) is 11.9. The van der Waals surface area contributed by atoms with Crippen LogP contribution in [0.15, 0.2) is 18.2 Å². The fourth-order valence-corrected chi connectivity index (χ4v) is 2.42. The monoisotopic (exact) mass is 347 g/mol. The van der Waals surface area contributed by atoms with Crippen molar-refractivity contribution in [2.75, 3.05) is 40.9 Å². The molecule has 0 radical (unpaired) electrons. The number of fused-ring (bicyclic) bond motifs is 1. The molecular weight excluding hydrogens is 326 g/mol. The average Bonchev–Trinajstić information content (AvgIpc) is 2.83. The Morgan fingerprint density at radius 3 is 2.48 bits per heavy atom. The molecular formula is C17H21N3O5. The van der Waals surface area contributed by atoms with E-state index in [2.05, 4.69) is 5.32 Å². The molecule has 0 spiro atoms. The number of likely N-dealkylation sites (N-methyl/N-ethyl adjacent to an activating group) is 1. The van der Waals surface area contributed by atoms with E-state index in [4.69, 9.17) is 4.74 Å². The Bertz CT molecular complexity index is 714. The van der Waals surface area contributed by atoms with Crippen molar-refractivity contribution in [1.82, 2.24) is 15.1 Å². The predicted octanol–water partition coefficient (Wildman–Crippen LogP) is 0.137. The number of hydrogen-bond donors (Lipinski definition) is 1. The highest BCUT2D eigenvalue weighted by molar-refractivity contribution is 6.22. The molecule has 0 saturated carbocycles. The molecule has 0 unspecified atom stereocenters. The van der Waals surface area contributed by atoms with Crippen LogP contribution in [0, 0.1) is 0 Å². The van der Waals surface area contributed by atoms with Crippen LogP contribution < -0.4 is 5.32 Å². The molecule has 0 bridgehead atoms. The summed E-state index contributed by atoms with van der Waals surface area (Å²) in [6.45, 7) is 0.568. The number of ether oxygens (including phenoxy) is 1. The Hall–Kier alpha value is -2.74. The van der Waals surface area contributed by atoms with Crippen molar-refractivity contribution in [2.24, 2.45) is 0 Å². The predicted molar refractivity (Wildman–Crippen MR) is 89.3 cm³/mol. The maximum Gasteiger partial charge on any atom is 0.261 e. The van der Waals surface area contributed by atoms with Crippen LogP contribution in [0.5, 0.6) is 0 Å². The molecule has 0 atom stereocenters. The summed E-state index contributed by atoms with van der Waals surface area (Å²) in [4.78, 5) is 50.9. The van der Waals surface area contributed by atoms with E-state index in [-0.39, 0.29) is 41.6 Å². The maximum absolute atomic E-state index is 12.4. The molecule has 0 aromatic heterocycles. The number of methoxy groups -OCH3 is 1. The number of nitrogens with zero attached hydrogens (tertiary/aromatic N) is 2. The number of rotatable bonds is 7. The summed E-state index contributed by atoms with van der Waals surface area (Å²) in [6.07, 6.45) is 0.544.